The van der Waals surface area contributed by atoms with Crippen molar-refractivity contribution in [2.24, 2.45) is 0 Å². The van der Waals surface area contributed by atoms with Gasteiger partial charge in [0.1, 0.15) is 22.3 Å². The van der Waals surface area contributed by atoms with Gasteiger partial charge in [0.25, 0.3) is 0 Å². The van der Waals surface area contributed by atoms with Gasteiger partial charge in [-0.3, -0.25) is 0 Å². The van der Waals surface area contributed by atoms with Crippen molar-refractivity contribution < 1.29 is 14.6 Å². The number of pyridine rings is 1. The van der Waals surface area contributed by atoms with E-state index in [9.17, 15) is 9.90 Å². The van der Waals surface area contributed by atoms with Crippen LogP contribution in [0.25, 0.3) is 10.8 Å². The van der Waals surface area contributed by atoms with Crippen LogP contribution in [0, 0.1) is 0 Å². The number of phenols is 1. The highest BCUT2D eigenvalue weighted by molar-refractivity contribution is 6.30. The molecule has 0 saturated carbocycles. The van der Waals surface area contributed by atoms with E-state index in [-0.39, 0.29) is 11.8 Å². The smallest absolute Gasteiger partial charge is 0.407 e. The van der Waals surface area contributed by atoms with E-state index in [1.54, 1.807) is 18.2 Å². The zero-order chi connectivity index (χ0) is 19.6. The summed E-state index contributed by atoms with van der Waals surface area (Å²) in [5, 5.41) is 14.9. The number of benzene rings is 1. The SMILES string of the molecule is CC(C)(C)OC(=O)N[C@H]1CCCCN(c2nc(Cl)cc3cc(O)ccc23)C1. The van der Waals surface area contributed by atoms with Crippen molar-refractivity contribution in [1.29, 1.82) is 0 Å². The molecule has 1 aliphatic heterocycles. The predicted molar refractivity (Wildman–Crippen MR) is 108 cm³/mol. The zero-order valence-corrected chi connectivity index (χ0v) is 16.7. The molecule has 2 N–H and O–H groups in total. The first-order chi connectivity index (χ1) is 12.7. The van der Waals surface area contributed by atoms with E-state index >= 15 is 0 Å². The van der Waals surface area contributed by atoms with Crippen molar-refractivity contribution in [3.8, 4) is 5.75 Å². The number of halogens is 1. The molecule has 6 nitrogen and oxygen atoms in total. The van der Waals surface area contributed by atoms with E-state index in [0.717, 1.165) is 42.4 Å². The number of phenolic OH excluding ortho intramolecular Hbond substituents is 1. The van der Waals surface area contributed by atoms with Gasteiger partial charge in [-0.1, -0.05) is 11.6 Å². The van der Waals surface area contributed by atoms with Crippen LogP contribution in [0.1, 0.15) is 40.0 Å². The van der Waals surface area contributed by atoms with E-state index in [2.05, 4.69) is 15.2 Å². The van der Waals surface area contributed by atoms with Gasteiger partial charge in [0.05, 0.1) is 0 Å². The van der Waals surface area contributed by atoms with Gasteiger partial charge < -0.3 is 20.1 Å². The van der Waals surface area contributed by atoms with E-state index in [0.29, 0.717) is 11.7 Å². The number of carbonyl (C=O) groups is 1. The van der Waals surface area contributed by atoms with Gasteiger partial charge in [-0.05, 0) is 69.7 Å². The number of nitrogens with zero attached hydrogens (tertiary/aromatic N) is 2. The third kappa shape index (κ3) is 5.16. The maximum atomic E-state index is 12.2. The lowest BCUT2D eigenvalue weighted by Gasteiger charge is -2.28. The van der Waals surface area contributed by atoms with E-state index < -0.39 is 11.7 Å². The zero-order valence-electron chi connectivity index (χ0n) is 16.0. The number of nitrogens with one attached hydrogen (secondary N) is 1. The summed E-state index contributed by atoms with van der Waals surface area (Å²) in [4.78, 5) is 18.9. The molecule has 0 spiro atoms. The molecule has 1 amide bonds. The average Bonchev–Trinajstić information content (AvgIpc) is 2.77. The molecule has 146 valence electrons. The van der Waals surface area contributed by atoms with Crippen LogP contribution in [0.2, 0.25) is 5.15 Å². The minimum Gasteiger partial charge on any atom is -0.508 e. The molecule has 7 heteroatoms. The molecule has 1 fully saturated rings. The molecule has 0 radical (unpaired) electrons. The second-order valence-corrected chi connectivity index (χ2v) is 8.35. The molecular weight excluding hydrogens is 366 g/mol. The molecule has 2 aromatic rings. The lowest BCUT2D eigenvalue weighted by molar-refractivity contribution is 0.0504. The number of hydrogen-bond acceptors (Lipinski definition) is 5. The summed E-state index contributed by atoms with van der Waals surface area (Å²) in [6.45, 7) is 7.01. The van der Waals surface area contributed by atoms with Crippen molar-refractivity contribution in [1.82, 2.24) is 10.3 Å². The Balaban J connectivity index is 1.84. The quantitative estimate of drug-likeness (QED) is 0.738. The highest BCUT2D eigenvalue weighted by Gasteiger charge is 2.24. The molecule has 0 bridgehead atoms. The molecule has 0 aliphatic carbocycles. The summed E-state index contributed by atoms with van der Waals surface area (Å²) < 4.78 is 5.39. The Bertz CT molecular complexity index is 830. The van der Waals surface area contributed by atoms with Gasteiger partial charge >= 0.3 is 6.09 Å². The van der Waals surface area contributed by atoms with Crippen molar-refractivity contribution in [2.45, 2.75) is 51.7 Å². The monoisotopic (exact) mass is 391 g/mol. The number of hydrogen-bond donors (Lipinski definition) is 2. The number of aromatic hydroxyl groups is 1. The van der Waals surface area contributed by atoms with Gasteiger partial charge in [0.15, 0.2) is 0 Å². The number of ether oxygens (including phenoxy) is 1. The molecule has 2 heterocycles. The fourth-order valence-electron chi connectivity index (χ4n) is 3.36. The average molecular weight is 392 g/mol. The summed E-state index contributed by atoms with van der Waals surface area (Å²) in [7, 11) is 0. The van der Waals surface area contributed by atoms with Crippen LogP contribution < -0.4 is 10.2 Å². The topological polar surface area (TPSA) is 74.7 Å². The Labute approximate surface area is 164 Å². The molecule has 27 heavy (non-hydrogen) atoms. The Hall–Kier alpha value is -2.21. The second kappa shape index (κ2) is 7.80. The van der Waals surface area contributed by atoms with Crippen LogP contribution in [-0.2, 0) is 4.74 Å². The predicted octanol–water partition coefficient (Wildman–Crippen LogP) is 4.48. The molecular formula is C20H26ClN3O3. The van der Waals surface area contributed by atoms with E-state index in [4.69, 9.17) is 16.3 Å². The van der Waals surface area contributed by atoms with Gasteiger partial charge in [-0.15, -0.1) is 0 Å². The van der Waals surface area contributed by atoms with Crippen molar-refractivity contribution in [2.75, 3.05) is 18.0 Å². The number of aromatic nitrogens is 1. The Morgan fingerprint density at radius 1 is 1.33 bits per heavy atom. The fourth-order valence-corrected chi connectivity index (χ4v) is 3.56. The highest BCUT2D eigenvalue weighted by atomic mass is 35.5. The maximum absolute atomic E-state index is 12.2. The van der Waals surface area contributed by atoms with Crippen LogP contribution in [0.5, 0.6) is 5.75 Å². The molecule has 1 aliphatic rings. The normalized spacial score (nSPS) is 18.2. The summed E-state index contributed by atoms with van der Waals surface area (Å²) >= 11 is 6.22. The lowest BCUT2D eigenvalue weighted by atomic mass is 10.1. The summed E-state index contributed by atoms with van der Waals surface area (Å²) in [6.07, 6.45) is 2.49. The number of rotatable bonds is 2. The summed E-state index contributed by atoms with van der Waals surface area (Å²) in [5.74, 6) is 0.964. The Morgan fingerprint density at radius 2 is 2.11 bits per heavy atom. The molecule has 1 aromatic carbocycles. The van der Waals surface area contributed by atoms with Crippen LogP contribution in [-0.4, -0.2) is 40.9 Å². The van der Waals surface area contributed by atoms with Crippen LogP contribution in [0.15, 0.2) is 24.3 Å². The number of amides is 1. The molecule has 0 unspecified atom stereocenters. The van der Waals surface area contributed by atoms with Gasteiger partial charge in [0, 0.05) is 24.5 Å². The first-order valence-electron chi connectivity index (χ1n) is 9.25. The molecule has 3 rings (SSSR count). The second-order valence-electron chi connectivity index (χ2n) is 7.96. The summed E-state index contributed by atoms with van der Waals surface area (Å²) in [6, 6.07) is 6.89. The number of anilines is 1. The van der Waals surface area contributed by atoms with Gasteiger partial charge in [-0.2, -0.15) is 0 Å². The maximum Gasteiger partial charge on any atom is 0.407 e. The van der Waals surface area contributed by atoms with Gasteiger partial charge in [-0.25, -0.2) is 9.78 Å². The Morgan fingerprint density at radius 3 is 2.85 bits per heavy atom. The number of fused-ring (bicyclic) bond motifs is 1. The standard InChI is InChI=1S/C20H26ClN3O3/c1-20(2,3)27-19(26)22-14-6-4-5-9-24(12-14)18-16-8-7-15(25)10-13(16)11-17(21)23-18/h7-8,10-11,14,25H,4-6,9,12H2,1-3H3,(H,22,26)/t14-/m0/s1. The first-order valence-corrected chi connectivity index (χ1v) is 9.63. The fraction of sp³-hybridized carbons (Fsp3) is 0.500. The van der Waals surface area contributed by atoms with E-state index in [1.165, 1.54) is 0 Å². The van der Waals surface area contributed by atoms with Gasteiger partial charge in [0.2, 0.25) is 0 Å². The Kier molecular flexibility index (Phi) is 5.65. The molecule has 1 atom stereocenters. The molecule has 1 saturated heterocycles. The molecule has 1 aromatic heterocycles. The largest absolute Gasteiger partial charge is 0.508 e. The minimum absolute atomic E-state index is 0.0321. The van der Waals surface area contributed by atoms with E-state index in [1.807, 2.05) is 26.8 Å². The first kappa shape index (κ1) is 19.5. The number of carbonyl (C=O) groups excluding carboxylic acids is 1. The van der Waals surface area contributed by atoms with Crippen molar-refractivity contribution in [3.05, 3.63) is 29.4 Å². The number of alkyl carbamates (subject to hydrolysis) is 1. The van der Waals surface area contributed by atoms with Crippen molar-refractivity contribution in [3.63, 3.8) is 0 Å². The summed E-state index contributed by atoms with van der Waals surface area (Å²) in [5.41, 5.74) is -0.527. The van der Waals surface area contributed by atoms with Crippen LogP contribution in [0.3, 0.4) is 0 Å². The highest BCUT2D eigenvalue weighted by Crippen LogP contribution is 2.31. The lowest BCUT2D eigenvalue weighted by Crippen LogP contribution is -2.45. The van der Waals surface area contributed by atoms with Crippen molar-refractivity contribution >= 4 is 34.3 Å². The van der Waals surface area contributed by atoms with Crippen LogP contribution in [0.4, 0.5) is 10.6 Å². The van der Waals surface area contributed by atoms with Crippen LogP contribution >= 0.6 is 11.6 Å². The minimum atomic E-state index is -0.527. The third-order valence-corrected chi connectivity index (χ3v) is 4.65. The third-order valence-electron chi connectivity index (χ3n) is 4.46.